The maximum atomic E-state index is 4.49. The standard InChI is InChI=1S/C15H23N3/c1-12(15-6-2-3-9-16-15)18-10-4-5-14(11-18)17-13-7-8-13/h2-3,6,9,12-14,17H,4-5,7-8,10-11H2,1H3. The van der Waals surface area contributed by atoms with Crippen LogP contribution in [0.5, 0.6) is 0 Å². The summed E-state index contributed by atoms with van der Waals surface area (Å²) in [5.41, 5.74) is 1.20. The molecule has 3 nitrogen and oxygen atoms in total. The molecule has 3 heteroatoms. The van der Waals surface area contributed by atoms with E-state index in [0.717, 1.165) is 6.04 Å². The average Bonchev–Trinajstić information content (AvgIpc) is 3.23. The Bertz CT molecular complexity index is 375. The molecule has 98 valence electrons. The number of aromatic nitrogens is 1. The van der Waals surface area contributed by atoms with Crippen LogP contribution in [0.4, 0.5) is 0 Å². The zero-order valence-corrected chi connectivity index (χ0v) is 11.2. The Hall–Kier alpha value is -0.930. The van der Waals surface area contributed by atoms with Gasteiger partial charge in [0.05, 0.1) is 5.69 Å². The van der Waals surface area contributed by atoms with E-state index in [1.807, 2.05) is 12.3 Å². The van der Waals surface area contributed by atoms with E-state index in [0.29, 0.717) is 12.1 Å². The van der Waals surface area contributed by atoms with Crippen LogP contribution >= 0.6 is 0 Å². The molecule has 2 aliphatic rings. The van der Waals surface area contributed by atoms with Crippen molar-refractivity contribution < 1.29 is 0 Å². The van der Waals surface area contributed by atoms with Crippen LogP contribution < -0.4 is 5.32 Å². The maximum absolute atomic E-state index is 4.49. The summed E-state index contributed by atoms with van der Waals surface area (Å²) in [5.74, 6) is 0. The van der Waals surface area contributed by atoms with Gasteiger partial charge in [-0.2, -0.15) is 0 Å². The quantitative estimate of drug-likeness (QED) is 0.882. The van der Waals surface area contributed by atoms with E-state index in [2.05, 4.69) is 34.3 Å². The maximum Gasteiger partial charge on any atom is 0.0572 e. The SMILES string of the molecule is CC(c1ccccn1)N1CCCC(NC2CC2)C1. The molecule has 0 bridgehead atoms. The molecule has 1 aromatic rings. The van der Waals surface area contributed by atoms with Gasteiger partial charge < -0.3 is 5.32 Å². The minimum atomic E-state index is 0.440. The van der Waals surface area contributed by atoms with Crippen LogP contribution in [-0.2, 0) is 0 Å². The fourth-order valence-electron chi connectivity index (χ4n) is 2.89. The molecule has 1 N–H and O–H groups in total. The van der Waals surface area contributed by atoms with E-state index >= 15 is 0 Å². The van der Waals surface area contributed by atoms with Crippen molar-refractivity contribution in [3.05, 3.63) is 30.1 Å². The Morgan fingerprint density at radius 3 is 2.89 bits per heavy atom. The smallest absolute Gasteiger partial charge is 0.0572 e. The van der Waals surface area contributed by atoms with Gasteiger partial charge in [-0.3, -0.25) is 9.88 Å². The fraction of sp³-hybridized carbons (Fsp3) is 0.667. The Kier molecular flexibility index (Phi) is 3.62. The highest BCUT2D eigenvalue weighted by Crippen LogP contribution is 2.25. The molecule has 1 aromatic heterocycles. The van der Waals surface area contributed by atoms with Gasteiger partial charge in [-0.25, -0.2) is 0 Å². The molecule has 0 radical (unpaired) electrons. The molecule has 3 rings (SSSR count). The van der Waals surface area contributed by atoms with Crippen LogP contribution in [0.25, 0.3) is 0 Å². The Morgan fingerprint density at radius 2 is 2.17 bits per heavy atom. The van der Waals surface area contributed by atoms with Crippen molar-refractivity contribution in [1.82, 2.24) is 15.2 Å². The second-order valence-electron chi connectivity index (χ2n) is 5.71. The first-order valence-electron chi connectivity index (χ1n) is 7.24. The number of piperidine rings is 1. The summed E-state index contributed by atoms with van der Waals surface area (Å²) in [4.78, 5) is 7.07. The van der Waals surface area contributed by atoms with Gasteiger partial charge in [0.2, 0.25) is 0 Å². The van der Waals surface area contributed by atoms with Crippen molar-refractivity contribution in [3.8, 4) is 0 Å². The minimum Gasteiger partial charge on any atom is -0.310 e. The lowest BCUT2D eigenvalue weighted by Crippen LogP contribution is -2.47. The Morgan fingerprint density at radius 1 is 1.28 bits per heavy atom. The Labute approximate surface area is 110 Å². The lowest BCUT2D eigenvalue weighted by Gasteiger charge is -2.37. The van der Waals surface area contributed by atoms with E-state index in [9.17, 15) is 0 Å². The Balaban J connectivity index is 1.60. The topological polar surface area (TPSA) is 28.2 Å². The molecule has 1 saturated heterocycles. The largest absolute Gasteiger partial charge is 0.310 e. The summed E-state index contributed by atoms with van der Waals surface area (Å²) in [6.07, 6.45) is 7.30. The van der Waals surface area contributed by atoms with E-state index in [-0.39, 0.29) is 0 Å². The summed E-state index contributed by atoms with van der Waals surface area (Å²) in [7, 11) is 0. The molecular formula is C15H23N3. The second kappa shape index (κ2) is 5.37. The normalized spacial score (nSPS) is 27.1. The van der Waals surface area contributed by atoms with Gasteiger partial charge in [-0.1, -0.05) is 6.07 Å². The first-order valence-corrected chi connectivity index (χ1v) is 7.24. The predicted molar refractivity (Wildman–Crippen MR) is 73.4 cm³/mol. The third-order valence-electron chi connectivity index (χ3n) is 4.17. The number of hydrogen-bond donors (Lipinski definition) is 1. The van der Waals surface area contributed by atoms with Crippen molar-refractivity contribution >= 4 is 0 Å². The molecule has 1 saturated carbocycles. The molecule has 2 heterocycles. The van der Waals surface area contributed by atoms with Crippen molar-refractivity contribution in [1.29, 1.82) is 0 Å². The van der Waals surface area contributed by atoms with Crippen LogP contribution in [-0.4, -0.2) is 35.1 Å². The van der Waals surface area contributed by atoms with Gasteiger partial charge in [-0.15, -0.1) is 0 Å². The van der Waals surface area contributed by atoms with Gasteiger partial charge in [0.15, 0.2) is 0 Å². The van der Waals surface area contributed by atoms with E-state index in [1.54, 1.807) is 0 Å². The summed E-state index contributed by atoms with van der Waals surface area (Å²) in [6, 6.07) is 8.17. The van der Waals surface area contributed by atoms with E-state index in [4.69, 9.17) is 0 Å². The fourth-order valence-corrected chi connectivity index (χ4v) is 2.89. The molecule has 1 aliphatic carbocycles. The first kappa shape index (κ1) is 12.1. The van der Waals surface area contributed by atoms with Gasteiger partial charge in [0.25, 0.3) is 0 Å². The summed E-state index contributed by atoms with van der Waals surface area (Å²) in [5, 5.41) is 3.77. The summed E-state index contributed by atoms with van der Waals surface area (Å²) in [6.45, 7) is 4.66. The van der Waals surface area contributed by atoms with Crippen LogP contribution in [0.3, 0.4) is 0 Å². The van der Waals surface area contributed by atoms with Gasteiger partial charge in [0, 0.05) is 30.9 Å². The highest BCUT2D eigenvalue weighted by molar-refractivity contribution is 5.08. The third kappa shape index (κ3) is 2.90. The number of rotatable bonds is 4. The molecule has 0 aromatic carbocycles. The lowest BCUT2D eigenvalue weighted by molar-refractivity contribution is 0.143. The van der Waals surface area contributed by atoms with Crippen LogP contribution in [0.1, 0.15) is 44.3 Å². The van der Waals surface area contributed by atoms with Gasteiger partial charge >= 0.3 is 0 Å². The van der Waals surface area contributed by atoms with Crippen molar-refractivity contribution in [2.45, 2.75) is 50.7 Å². The highest BCUT2D eigenvalue weighted by atomic mass is 15.2. The second-order valence-corrected chi connectivity index (χ2v) is 5.71. The third-order valence-corrected chi connectivity index (χ3v) is 4.17. The monoisotopic (exact) mass is 245 g/mol. The van der Waals surface area contributed by atoms with Crippen LogP contribution in [0.2, 0.25) is 0 Å². The summed E-state index contributed by atoms with van der Waals surface area (Å²) < 4.78 is 0. The van der Waals surface area contributed by atoms with Crippen LogP contribution in [0.15, 0.2) is 24.4 Å². The van der Waals surface area contributed by atoms with E-state index < -0.39 is 0 Å². The average molecular weight is 245 g/mol. The highest BCUT2D eigenvalue weighted by Gasteiger charge is 2.29. The van der Waals surface area contributed by atoms with Crippen molar-refractivity contribution in [2.75, 3.05) is 13.1 Å². The molecule has 2 unspecified atom stereocenters. The van der Waals surface area contributed by atoms with Crippen LogP contribution in [0, 0.1) is 0 Å². The minimum absolute atomic E-state index is 0.440. The molecule has 0 amide bonds. The van der Waals surface area contributed by atoms with Crippen molar-refractivity contribution in [3.63, 3.8) is 0 Å². The number of likely N-dealkylation sites (tertiary alicyclic amines) is 1. The predicted octanol–water partition coefficient (Wildman–Crippen LogP) is 2.36. The molecule has 2 fully saturated rings. The first-order chi connectivity index (χ1) is 8.83. The van der Waals surface area contributed by atoms with E-state index in [1.165, 1.54) is 44.5 Å². The van der Waals surface area contributed by atoms with Gasteiger partial charge in [-0.05, 0) is 51.3 Å². The number of nitrogens with zero attached hydrogens (tertiary/aromatic N) is 2. The molecule has 18 heavy (non-hydrogen) atoms. The van der Waals surface area contributed by atoms with Crippen molar-refractivity contribution in [2.24, 2.45) is 0 Å². The van der Waals surface area contributed by atoms with Gasteiger partial charge in [0.1, 0.15) is 0 Å². The molecule has 2 atom stereocenters. The zero-order valence-electron chi connectivity index (χ0n) is 11.2. The molecular weight excluding hydrogens is 222 g/mol. The molecule has 1 aliphatic heterocycles. The number of nitrogens with one attached hydrogen (secondary N) is 1. The summed E-state index contributed by atoms with van der Waals surface area (Å²) >= 11 is 0. The number of pyridine rings is 1. The lowest BCUT2D eigenvalue weighted by atomic mass is 10.0. The zero-order chi connectivity index (χ0) is 12.4. The molecule has 0 spiro atoms. The number of hydrogen-bond acceptors (Lipinski definition) is 3.